The van der Waals surface area contributed by atoms with E-state index >= 15 is 0 Å². The standard InChI is InChI=1S/C20H17NS3/c1-13-10-15(4-6-17(13)21-12-22)18-8-9-20(24-18)19-7-5-16(23-19)11-14-2-3-14/h4-10,14H,2-3,11H2,1H3. The summed E-state index contributed by atoms with van der Waals surface area (Å²) in [5.74, 6) is 0.951. The van der Waals surface area contributed by atoms with Gasteiger partial charge >= 0.3 is 0 Å². The first kappa shape index (κ1) is 15.9. The number of nitrogens with zero attached hydrogens (tertiary/aromatic N) is 1. The molecule has 0 radical (unpaired) electrons. The molecular formula is C20H17NS3. The van der Waals surface area contributed by atoms with Gasteiger partial charge in [0.1, 0.15) is 0 Å². The van der Waals surface area contributed by atoms with Gasteiger partial charge < -0.3 is 0 Å². The number of thiophene rings is 2. The van der Waals surface area contributed by atoms with Crippen LogP contribution in [0.4, 0.5) is 5.69 Å². The van der Waals surface area contributed by atoms with Crippen LogP contribution in [0.3, 0.4) is 0 Å². The van der Waals surface area contributed by atoms with Crippen LogP contribution in [0.2, 0.25) is 0 Å². The highest BCUT2D eigenvalue weighted by Crippen LogP contribution is 2.40. The smallest absolute Gasteiger partial charge is 0.0769 e. The van der Waals surface area contributed by atoms with Gasteiger partial charge in [0.15, 0.2) is 0 Å². The molecule has 4 heteroatoms. The van der Waals surface area contributed by atoms with Gasteiger partial charge in [0.25, 0.3) is 0 Å². The molecule has 0 N–H and O–H groups in total. The van der Waals surface area contributed by atoms with Crippen LogP contribution in [0.25, 0.3) is 20.2 Å². The minimum absolute atomic E-state index is 0.897. The fourth-order valence-corrected chi connectivity index (χ4v) is 5.15. The van der Waals surface area contributed by atoms with Crippen molar-refractivity contribution in [3.8, 4) is 20.2 Å². The zero-order valence-corrected chi connectivity index (χ0v) is 15.9. The van der Waals surface area contributed by atoms with Crippen molar-refractivity contribution in [2.75, 3.05) is 0 Å². The van der Waals surface area contributed by atoms with Crippen LogP contribution in [0.5, 0.6) is 0 Å². The van der Waals surface area contributed by atoms with Crippen LogP contribution in [0.15, 0.2) is 47.5 Å². The highest BCUT2D eigenvalue weighted by molar-refractivity contribution is 7.78. The lowest BCUT2D eigenvalue weighted by atomic mass is 10.1. The molecule has 0 spiro atoms. The molecule has 4 rings (SSSR count). The Hall–Kier alpha value is -1.58. The van der Waals surface area contributed by atoms with Crippen molar-refractivity contribution in [2.24, 2.45) is 10.9 Å². The molecule has 120 valence electrons. The van der Waals surface area contributed by atoms with Gasteiger partial charge in [0.2, 0.25) is 0 Å². The number of aliphatic imine (C=N–C) groups is 1. The number of isothiocyanates is 1. The van der Waals surface area contributed by atoms with Crippen molar-refractivity contribution in [3.63, 3.8) is 0 Å². The zero-order valence-electron chi connectivity index (χ0n) is 13.4. The number of hydrogen-bond acceptors (Lipinski definition) is 4. The summed E-state index contributed by atoms with van der Waals surface area (Å²) in [5.41, 5.74) is 3.26. The van der Waals surface area contributed by atoms with Crippen LogP contribution >= 0.6 is 34.9 Å². The lowest BCUT2D eigenvalue weighted by Gasteiger charge is -2.02. The van der Waals surface area contributed by atoms with Crippen LogP contribution in [0.1, 0.15) is 23.3 Å². The predicted octanol–water partition coefficient (Wildman–Crippen LogP) is 7.14. The predicted molar refractivity (Wildman–Crippen MR) is 109 cm³/mol. The molecule has 0 aliphatic heterocycles. The first-order valence-electron chi connectivity index (χ1n) is 8.11. The lowest BCUT2D eigenvalue weighted by molar-refractivity contribution is 0.846. The van der Waals surface area contributed by atoms with Crippen LogP contribution in [-0.4, -0.2) is 5.16 Å². The molecule has 3 aromatic rings. The van der Waals surface area contributed by atoms with Crippen LogP contribution in [0, 0.1) is 12.8 Å². The normalized spacial score (nSPS) is 13.7. The monoisotopic (exact) mass is 367 g/mol. The Morgan fingerprint density at radius 1 is 1.04 bits per heavy atom. The van der Waals surface area contributed by atoms with Gasteiger partial charge in [-0.05, 0) is 91.8 Å². The summed E-state index contributed by atoms with van der Waals surface area (Å²) in [6.07, 6.45) is 4.10. The molecule has 2 heterocycles. The van der Waals surface area contributed by atoms with Gasteiger partial charge in [-0.15, -0.1) is 22.7 Å². The van der Waals surface area contributed by atoms with E-state index in [1.54, 1.807) is 0 Å². The van der Waals surface area contributed by atoms with E-state index < -0.39 is 0 Å². The molecular weight excluding hydrogens is 350 g/mol. The van der Waals surface area contributed by atoms with Crippen molar-refractivity contribution >= 4 is 45.7 Å². The molecule has 1 aliphatic rings. The average molecular weight is 368 g/mol. The molecule has 24 heavy (non-hydrogen) atoms. The summed E-state index contributed by atoms with van der Waals surface area (Å²) in [4.78, 5) is 9.66. The number of rotatable bonds is 5. The molecule has 0 amide bonds. The molecule has 1 nitrogen and oxygen atoms in total. The molecule has 2 aromatic heterocycles. The molecule has 1 saturated carbocycles. The van der Waals surface area contributed by atoms with Gasteiger partial charge in [-0.2, -0.15) is 4.99 Å². The van der Waals surface area contributed by atoms with E-state index in [1.807, 2.05) is 28.7 Å². The Bertz CT molecular complexity index is 924. The third-order valence-electron chi connectivity index (χ3n) is 4.34. The van der Waals surface area contributed by atoms with Crippen LogP contribution in [-0.2, 0) is 6.42 Å². The summed E-state index contributed by atoms with van der Waals surface area (Å²) in [6.45, 7) is 2.06. The second kappa shape index (κ2) is 6.73. The maximum Gasteiger partial charge on any atom is 0.0769 e. The maximum atomic E-state index is 4.70. The first-order chi connectivity index (χ1) is 11.7. The van der Waals surface area contributed by atoms with Crippen molar-refractivity contribution in [1.82, 2.24) is 0 Å². The molecule has 0 bridgehead atoms. The second-order valence-electron chi connectivity index (χ2n) is 6.28. The Balaban J connectivity index is 1.58. The van der Waals surface area contributed by atoms with Crippen LogP contribution < -0.4 is 0 Å². The first-order valence-corrected chi connectivity index (χ1v) is 10.1. The Kier molecular flexibility index (Phi) is 4.47. The third kappa shape index (κ3) is 3.42. The van der Waals surface area contributed by atoms with Gasteiger partial charge in [0.05, 0.1) is 10.8 Å². The van der Waals surface area contributed by atoms with E-state index in [0.717, 1.165) is 17.2 Å². The molecule has 1 aliphatic carbocycles. The van der Waals surface area contributed by atoms with Gasteiger partial charge in [-0.25, -0.2) is 0 Å². The number of benzene rings is 1. The summed E-state index contributed by atoms with van der Waals surface area (Å²) in [6, 6.07) is 15.3. The second-order valence-corrected chi connectivity index (χ2v) is 8.72. The van der Waals surface area contributed by atoms with E-state index in [-0.39, 0.29) is 0 Å². The van der Waals surface area contributed by atoms with E-state index in [0.29, 0.717) is 0 Å². The highest BCUT2D eigenvalue weighted by atomic mass is 32.1. The van der Waals surface area contributed by atoms with Gasteiger partial charge in [0, 0.05) is 19.5 Å². The number of thiocarbonyl (C=S) groups is 1. The summed E-state index contributed by atoms with van der Waals surface area (Å²) in [5, 5.41) is 2.44. The average Bonchev–Trinajstić information content (AvgIpc) is 3.07. The SMILES string of the molecule is Cc1cc(-c2ccc(-c3ccc(CC4CC4)s3)s2)ccc1N=C=S. The Morgan fingerprint density at radius 2 is 1.79 bits per heavy atom. The Morgan fingerprint density at radius 3 is 2.54 bits per heavy atom. The molecule has 0 atom stereocenters. The van der Waals surface area contributed by atoms with E-state index in [1.165, 1.54) is 44.3 Å². The number of hydrogen-bond donors (Lipinski definition) is 0. The van der Waals surface area contributed by atoms with Gasteiger partial charge in [-0.1, -0.05) is 6.07 Å². The zero-order chi connectivity index (χ0) is 16.5. The molecule has 1 aromatic carbocycles. The largest absolute Gasteiger partial charge is 0.194 e. The minimum Gasteiger partial charge on any atom is -0.194 e. The van der Waals surface area contributed by atoms with E-state index in [4.69, 9.17) is 12.2 Å². The van der Waals surface area contributed by atoms with Crippen molar-refractivity contribution < 1.29 is 0 Å². The van der Waals surface area contributed by atoms with Gasteiger partial charge in [-0.3, -0.25) is 0 Å². The lowest BCUT2D eigenvalue weighted by Crippen LogP contribution is -1.78. The summed E-state index contributed by atoms with van der Waals surface area (Å²) in [7, 11) is 0. The fourth-order valence-electron chi connectivity index (χ4n) is 2.84. The summed E-state index contributed by atoms with van der Waals surface area (Å²) < 4.78 is 0. The van der Waals surface area contributed by atoms with E-state index in [9.17, 15) is 0 Å². The number of aryl methyl sites for hydroxylation is 1. The molecule has 0 saturated heterocycles. The highest BCUT2D eigenvalue weighted by Gasteiger charge is 2.22. The topological polar surface area (TPSA) is 12.4 Å². The van der Waals surface area contributed by atoms with Crippen molar-refractivity contribution in [3.05, 3.63) is 52.9 Å². The van der Waals surface area contributed by atoms with Crippen molar-refractivity contribution in [2.45, 2.75) is 26.2 Å². The quantitative estimate of drug-likeness (QED) is 0.345. The Labute approximate surface area is 155 Å². The minimum atomic E-state index is 0.897. The molecule has 0 unspecified atom stereocenters. The molecule has 1 fully saturated rings. The fraction of sp³-hybridized carbons (Fsp3) is 0.250. The van der Waals surface area contributed by atoms with Crippen molar-refractivity contribution in [1.29, 1.82) is 0 Å². The summed E-state index contributed by atoms with van der Waals surface area (Å²) >= 11 is 8.50. The van der Waals surface area contributed by atoms with E-state index in [2.05, 4.69) is 53.5 Å². The maximum absolute atomic E-state index is 4.70. The third-order valence-corrected chi connectivity index (χ3v) is 6.87.